The molecule has 8 nitrogen and oxygen atoms in total. The van der Waals surface area contributed by atoms with Crippen LogP contribution in [0.25, 0.3) is 0 Å². The topological polar surface area (TPSA) is 128 Å². The number of nitrogens with two attached hydrogens (primary N) is 2. The maximum atomic E-state index is 10.3. The molecule has 0 aromatic heterocycles. The number of hydroxylamine groups is 1. The molecule has 0 aromatic rings. The minimum Gasteiger partial charge on any atom is -0.347 e. The summed E-state index contributed by atoms with van der Waals surface area (Å²) in [6.07, 6.45) is 0. The maximum Gasteiger partial charge on any atom is 0.373 e. The third kappa shape index (κ3) is 3.11. The van der Waals surface area contributed by atoms with Crippen molar-refractivity contribution in [2.24, 2.45) is 16.8 Å². The van der Waals surface area contributed by atoms with Crippen molar-refractivity contribution in [1.82, 2.24) is 5.17 Å². The number of primary amides is 1. The highest BCUT2D eigenvalue weighted by atomic mass is 16.8. The molecule has 0 heterocycles. The molecule has 0 saturated heterocycles. The van der Waals surface area contributed by atoms with Gasteiger partial charge in [-0.1, -0.05) is 0 Å². The summed E-state index contributed by atoms with van der Waals surface area (Å²) in [4.78, 5) is 34.0. The number of nitrogens with zero attached hydrogens (tertiary/aromatic N) is 2. The van der Waals surface area contributed by atoms with Gasteiger partial charge in [-0.25, -0.2) is 9.59 Å². The monoisotopic (exact) mass is 162 g/mol. The first-order valence-corrected chi connectivity index (χ1v) is 2.45. The molecule has 0 spiro atoms. The molecule has 4 N–H and O–H groups in total. The molecule has 0 aliphatic rings. The summed E-state index contributed by atoms with van der Waals surface area (Å²) < 4.78 is 0. The van der Waals surface area contributed by atoms with E-state index in [1.807, 2.05) is 5.29 Å². The van der Waals surface area contributed by atoms with Gasteiger partial charge in [0.25, 0.3) is 0 Å². The zero-order valence-corrected chi connectivity index (χ0v) is 5.39. The van der Waals surface area contributed by atoms with Gasteiger partial charge in [0.05, 0.1) is 11.8 Å². The van der Waals surface area contributed by atoms with Crippen molar-refractivity contribution in [2.45, 2.75) is 0 Å². The molecule has 0 atom stereocenters. The van der Waals surface area contributed by atoms with Crippen molar-refractivity contribution in [3.05, 3.63) is 4.91 Å². The van der Waals surface area contributed by atoms with E-state index in [0.29, 0.717) is 0 Å². The van der Waals surface area contributed by atoms with Crippen molar-refractivity contribution < 1.29 is 14.4 Å². The second kappa shape index (κ2) is 4.17. The molecule has 0 fully saturated rings. The largest absolute Gasteiger partial charge is 0.373 e. The van der Waals surface area contributed by atoms with E-state index < -0.39 is 18.5 Å². The van der Waals surface area contributed by atoms with Crippen molar-refractivity contribution in [3.8, 4) is 0 Å². The lowest BCUT2D eigenvalue weighted by Gasteiger charge is -2.06. The average Bonchev–Trinajstić information content (AvgIpc) is 1.99. The fraction of sp³-hybridized carbons (Fsp3) is 0.333. The number of hydrogen-bond donors (Lipinski definition) is 2. The molecule has 0 aliphatic carbocycles. The van der Waals surface area contributed by atoms with Gasteiger partial charge in [0.15, 0.2) is 0 Å². The number of hydrogen-bond acceptors (Lipinski definition) is 6. The molecular formula is C3H6N4O4. The summed E-state index contributed by atoms with van der Waals surface area (Å²) in [5.41, 5.74) is 9.30. The molecular weight excluding hydrogens is 156 g/mol. The standard InChI is InChI=1S/C3H6N4O4/c4-1-2(8)11-7(6-10)3(5)9/h1,4H2,(H2,5,9). The Bertz CT molecular complexity index is 180. The second-order valence-corrected chi connectivity index (χ2v) is 1.36. The highest BCUT2D eigenvalue weighted by Gasteiger charge is 2.14. The molecule has 8 heteroatoms. The average molecular weight is 162 g/mol. The van der Waals surface area contributed by atoms with E-state index in [2.05, 4.69) is 10.6 Å². The van der Waals surface area contributed by atoms with Crippen LogP contribution in [0.4, 0.5) is 4.79 Å². The first kappa shape index (κ1) is 9.30. The van der Waals surface area contributed by atoms with Gasteiger partial charge < -0.3 is 16.3 Å². The molecule has 0 saturated carbocycles. The van der Waals surface area contributed by atoms with Gasteiger partial charge in [-0.2, -0.15) is 0 Å². The van der Waals surface area contributed by atoms with Crippen LogP contribution in [0.3, 0.4) is 0 Å². The van der Waals surface area contributed by atoms with Gasteiger partial charge in [-0.15, -0.1) is 4.91 Å². The summed E-state index contributed by atoms with van der Waals surface area (Å²) in [5.74, 6) is -0.983. The zero-order chi connectivity index (χ0) is 8.85. The third-order valence-corrected chi connectivity index (χ3v) is 0.618. The normalized spacial score (nSPS) is 8.45. The number of urea groups is 1. The molecule has 0 aromatic carbocycles. The van der Waals surface area contributed by atoms with Crippen molar-refractivity contribution >= 4 is 12.0 Å². The third-order valence-electron chi connectivity index (χ3n) is 0.618. The Kier molecular flexibility index (Phi) is 3.52. The lowest BCUT2D eigenvalue weighted by atomic mass is 10.7. The van der Waals surface area contributed by atoms with E-state index in [-0.39, 0.29) is 5.17 Å². The number of amides is 2. The van der Waals surface area contributed by atoms with Crippen LogP contribution in [0.2, 0.25) is 0 Å². The first-order valence-electron chi connectivity index (χ1n) is 2.45. The minimum atomic E-state index is -1.29. The van der Waals surface area contributed by atoms with Crippen LogP contribution in [-0.2, 0) is 9.63 Å². The summed E-state index contributed by atoms with van der Waals surface area (Å²) in [6, 6.07) is -1.29. The Morgan fingerprint density at radius 3 is 2.36 bits per heavy atom. The fourth-order valence-electron chi connectivity index (χ4n) is 0.236. The van der Waals surface area contributed by atoms with Crippen LogP contribution in [-0.4, -0.2) is 23.7 Å². The van der Waals surface area contributed by atoms with Crippen LogP contribution in [0.1, 0.15) is 0 Å². The Hall–Kier alpha value is -1.70. The minimum absolute atomic E-state index is 0.199. The molecule has 0 bridgehead atoms. The Labute approximate surface area is 61.0 Å². The number of carbonyl (C=O) groups excluding carboxylic acids is 2. The van der Waals surface area contributed by atoms with Crippen LogP contribution in [0, 0.1) is 4.91 Å². The highest BCUT2D eigenvalue weighted by Crippen LogP contribution is 1.89. The van der Waals surface area contributed by atoms with Gasteiger partial charge in [0.2, 0.25) is 0 Å². The molecule has 0 unspecified atom stereocenters. The Morgan fingerprint density at radius 1 is 1.55 bits per heavy atom. The second-order valence-electron chi connectivity index (χ2n) is 1.36. The molecule has 0 radical (unpaired) electrons. The van der Waals surface area contributed by atoms with E-state index in [0.717, 1.165) is 0 Å². The summed E-state index contributed by atoms with van der Waals surface area (Å²) >= 11 is 0. The molecule has 0 rings (SSSR count). The van der Waals surface area contributed by atoms with Gasteiger partial charge in [-0.05, 0) is 0 Å². The van der Waals surface area contributed by atoms with Gasteiger partial charge in [-0.3, -0.25) is 0 Å². The summed E-state index contributed by atoms with van der Waals surface area (Å²) in [6.45, 7) is -0.473. The smallest absolute Gasteiger partial charge is 0.347 e. The van der Waals surface area contributed by atoms with Gasteiger partial charge >= 0.3 is 12.0 Å². The Balaban J connectivity index is 3.98. The summed E-state index contributed by atoms with van der Waals surface area (Å²) in [5, 5.41) is 1.79. The zero-order valence-electron chi connectivity index (χ0n) is 5.39. The van der Waals surface area contributed by atoms with E-state index in [1.165, 1.54) is 0 Å². The van der Waals surface area contributed by atoms with Crippen LogP contribution < -0.4 is 11.5 Å². The van der Waals surface area contributed by atoms with E-state index in [4.69, 9.17) is 5.73 Å². The lowest BCUT2D eigenvalue weighted by molar-refractivity contribution is -0.174. The quantitative estimate of drug-likeness (QED) is 0.375. The summed E-state index contributed by atoms with van der Waals surface area (Å²) in [7, 11) is 0. The lowest BCUT2D eigenvalue weighted by Crippen LogP contribution is -2.35. The molecule has 2 amide bonds. The molecule has 62 valence electrons. The van der Waals surface area contributed by atoms with Crippen molar-refractivity contribution in [2.75, 3.05) is 6.54 Å². The maximum absolute atomic E-state index is 10.3. The predicted molar refractivity (Wildman–Crippen MR) is 32.4 cm³/mol. The predicted octanol–water partition coefficient (Wildman–Crippen LogP) is -1.53. The van der Waals surface area contributed by atoms with E-state index in [9.17, 15) is 14.5 Å². The van der Waals surface area contributed by atoms with Crippen LogP contribution >= 0.6 is 0 Å². The van der Waals surface area contributed by atoms with Gasteiger partial charge in [0.1, 0.15) is 0 Å². The van der Waals surface area contributed by atoms with E-state index in [1.54, 1.807) is 0 Å². The molecule has 0 aliphatic heterocycles. The first-order chi connectivity index (χ1) is 5.11. The van der Waals surface area contributed by atoms with Crippen LogP contribution in [0.15, 0.2) is 5.29 Å². The highest BCUT2D eigenvalue weighted by molar-refractivity contribution is 5.75. The Morgan fingerprint density at radius 2 is 2.09 bits per heavy atom. The van der Waals surface area contributed by atoms with Gasteiger partial charge in [0, 0.05) is 5.17 Å². The van der Waals surface area contributed by atoms with E-state index >= 15 is 0 Å². The van der Waals surface area contributed by atoms with Crippen molar-refractivity contribution in [1.29, 1.82) is 0 Å². The number of rotatable bonds is 2. The van der Waals surface area contributed by atoms with Crippen LogP contribution in [0.5, 0.6) is 0 Å². The van der Waals surface area contributed by atoms with Crippen molar-refractivity contribution in [3.63, 3.8) is 0 Å². The molecule has 11 heavy (non-hydrogen) atoms. The SMILES string of the molecule is NCC(=O)ON(N=O)C(N)=O. The number of carbonyl (C=O) groups is 2. The number of nitroso groups, excluding NO2 is 1. The fourth-order valence-corrected chi connectivity index (χ4v) is 0.236.